The first kappa shape index (κ1) is 15.2. The average Bonchev–Trinajstić information content (AvgIpc) is 2.63. The largest absolute Gasteiger partial charge is 0.480 e. The zero-order valence-electron chi connectivity index (χ0n) is 13.0. The van der Waals surface area contributed by atoms with Gasteiger partial charge in [-0.3, -0.25) is 9.78 Å². The van der Waals surface area contributed by atoms with Crippen molar-refractivity contribution in [1.82, 2.24) is 15.2 Å². The van der Waals surface area contributed by atoms with Gasteiger partial charge in [-0.25, -0.2) is 0 Å². The minimum absolute atomic E-state index is 0.0178. The van der Waals surface area contributed by atoms with Crippen LogP contribution in [0.15, 0.2) is 36.7 Å². The number of methoxy groups -OCH3 is 1. The fourth-order valence-corrected chi connectivity index (χ4v) is 2.67. The molecule has 0 aliphatic carbocycles. The second-order valence-corrected chi connectivity index (χ2v) is 5.45. The Morgan fingerprint density at radius 3 is 2.96 bits per heavy atom. The lowest BCUT2D eigenvalue weighted by Crippen LogP contribution is -2.41. The summed E-state index contributed by atoms with van der Waals surface area (Å²) in [7, 11) is 1.56. The molecule has 7 heteroatoms. The molecule has 0 saturated carbocycles. The summed E-state index contributed by atoms with van der Waals surface area (Å²) in [5.74, 6) is 1.19. The monoisotopic (exact) mass is 313 g/mol. The van der Waals surface area contributed by atoms with Gasteiger partial charge in [0.25, 0.3) is 0 Å². The van der Waals surface area contributed by atoms with E-state index in [0.717, 1.165) is 30.9 Å². The van der Waals surface area contributed by atoms with E-state index >= 15 is 0 Å². The molecule has 1 atom stereocenters. The van der Waals surface area contributed by atoms with Gasteiger partial charge in [0.2, 0.25) is 11.8 Å². The van der Waals surface area contributed by atoms with E-state index in [-0.39, 0.29) is 11.8 Å². The van der Waals surface area contributed by atoms with E-state index in [1.807, 2.05) is 12.1 Å². The third-order valence-corrected chi connectivity index (χ3v) is 3.88. The van der Waals surface area contributed by atoms with Gasteiger partial charge in [-0.2, -0.15) is 0 Å². The van der Waals surface area contributed by atoms with Crippen LogP contribution in [0, 0.1) is 5.92 Å². The zero-order chi connectivity index (χ0) is 16.1. The smallest absolute Gasteiger partial charge is 0.233 e. The number of anilines is 2. The fraction of sp³-hybridized carbons (Fsp3) is 0.375. The van der Waals surface area contributed by atoms with Crippen LogP contribution in [0.4, 0.5) is 11.5 Å². The molecule has 1 N–H and O–H groups in total. The third-order valence-electron chi connectivity index (χ3n) is 3.88. The second kappa shape index (κ2) is 7.04. The highest BCUT2D eigenvalue weighted by atomic mass is 16.5. The highest BCUT2D eigenvalue weighted by molar-refractivity contribution is 5.92. The molecule has 3 heterocycles. The number of carbonyl (C=O) groups excluding carboxylic acids is 1. The molecule has 0 aromatic carbocycles. The van der Waals surface area contributed by atoms with Crippen LogP contribution in [0.3, 0.4) is 0 Å². The second-order valence-electron chi connectivity index (χ2n) is 5.45. The van der Waals surface area contributed by atoms with Crippen molar-refractivity contribution in [3.8, 4) is 5.88 Å². The number of hydrogen-bond donors (Lipinski definition) is 1. The summed E-state index contributed by atoms with van der Waals surface area (Å²) in [6.07, 6.45) is 5.14. The molecule has 0 unspecified atom stereocenters. The number of aromatic nitrogens is 3. The molecule has 1 saturated heterocycles. The van der Waals surface area contributed by atoms with E-state index in [0.29, 0.717) is 12.4 Å². The Morgan fingerprint density at radius 2 is 2.26 bits per heavy atom. The third kappa shape index (κ3) is 3.74. The number of amides is 1. The predicted molar refractivity (Wildman–Crippen MR) is 86.4 cm³/mol. The van der Waals surface area contributed by atoms with Crippen molar-refractivity contribution < 1.29 is 9.53 Å². The van der Waals surface area contributed by atoms with Crippen molar-refractivity contribution in [1.29, 1.82) is 0 Å². The summed E-state index contributed by atoms with van der Waals surface area (Å²) < 4.78 is 5.02. The average molecular weight is 313 g/mol. The molecule has 7 nitrogen and oxygen atoms in total. The molecule has 1 aliphatic heterocycles. The first-order valence-corrected chi connectivity index (χ1v) is 7.60. The number of piperidine rings is 1. The van der Waals surface area contributed by atoms with E-state index in [9.17, 15) is 4.79 Å². The van der Waals surface area contributed by atoms with E-state index in [2.05, 4.69) is 25.4 Å². The van der Waals surface area contributed by atoms with E-state index < -0.39 is 0 Å². The van der Waals surface area contributed by atoms with E-state index in [1.54, 1.807) is 31.6 Å². The minimum atomic E-state index is -0.0761. The first-order chi connectivity index (χ1) is 11.3. The number of nitrogens with one attached hydrogen (secondary N) is 1. The lowest BCUT2D eigenvalue weighted by atomic mass is 9.97. The number of hydrogen-bond acceptors (Lipinski definition) is 6. The van der Waals surface area contributed by atoms with Crippen molar-refractivity contribution in [2.75, 3.05) is 30.4 Å². The van der Waals surface area contributed by atoms with Crippen LogP contribution < -0.4 is 15.0 Å². The molecule has 2 aromatic heterocycles. The van der Waals surface area contributed by atoms with Gasteiger partial charge in [-0.15, -0.1) is 10.2 Å². The van der Waals surface area contributed by atoms with Gasteiger partial charge in [-0.1, -0.05) is 0 Å². The van der Waals surface area contributed by atoms with Crippen LogP contribution in [0.1, 0.15) is 12.8 Å². The first-order valence-electron chi connectivity index (χ1n) is 7.60. The summed E-state index contributed by atoms with van der Waals surface area (Å²) in [6, 6.07) is 7.28. The Labute approximate surface area is 134 Å². The molecule has 1 aliphatic rings. The van der Waals surface area contributed by atoms with Crippen LogP contribution >= 0.6 is 0 Å². The SMILES string of the molecule is COc1ccc(N2CCC[C@H](C(=O)Nc3cccnc3)C2)nn1. The highest BCUT2D eigenvalue weighted by Gasteiger charge is 2.26. The van der Waals surface area contributed by atoms with Gasteiger partial charge in [-0.05, 0) is 31.0 Å². The van der Waals surface area contributed by atoms with Gasteiger partial charge in [0.15, 0.2) is 5.82 Å². The Bertz CT molecular complexity index is 647. The maximum Gasteiger partial charge on any atom is 0.233 e. The van der Waals surface area contributed by atoms with Crippen LogP contribution in [0.2, 0.25) is 0 Å². The summed E-state index contributed by atoms with van der Waals surface area (Å²) in [6.45, 7) is 1.50. The van der Waals surface area contributed by atoms with Crippen molar-refractivity contribution in [3.05, 3.63) is 36.7 Å². The van der Waals surface area contributed by atoms with Gasteiger partial charge in [0.1, 0.15) is 0 Å². The Hall–Kier alpha value is -2.70. The summed E-state index contributed by atoms with van der Waals surface area (Å²) in [4.78, 5) is 18.5. The van der Waals surface area contributed by atoms with Gasteiger partial charge in [0.05, 0.1) is 24.9 Å². The van der Waals surface area contributed by atoms with Crippen LogP contribution in [0.5, 0.6) is 5.88 Å². The highest BCUT2D eigenvalue weighted by Crippen LogP contribution is 2.23. The predicted octanol–water partition coefficient (Wildman–Crippen LogP) is 1.74. The minimum Gasteiger partial charge on any atom is -0.480 e. The molecule has 1 fully saturated rings. The summed E-state index contributed by atoms with van der Waals surface area (Å²) >= 11 is 0. The quantitative estimate of drug-likeness (QED) is 0.926. The number of pyridine rings is 1. The molecule has 3 rings (SSSR count). The number of nitrogens with zero attached hydrogens (tertiary/aromatic N) is 4. The maximum absolute atomic E-state index is 12.4. The summed E-state index contributed by atoms with van der Waals surface area (Å²) in [5, 5.41) is 11.1. The van der Waals surface area contributed by atoms with Crippen molar-refractivity contribution >= 4 is 17.4 Å². The molecular formula is C16H19N5O2. The molecule has 23 heavy (non-hydrogen) atoms. The van der Waals surface area contributed by atoms with Crippen molar-refractivity contribution in [2.45, 2.75) is 12.8 Å². The molecular weight excluding hydrogens is 294 g/mol. The molecule has 2 aromatic rings. The van der Waals surface area contributed by atoms with Gasteiger partial charge in [0, 0.05) is 25.4 Å². The summed E-state index contributed by atoms with van der Waals surface area (Å²) in [5.41, 5.74) is 0.721. The lowest BCUT2D eigenvalue weighted by molar-refractivity contribution is -0.120. The lowest BCUT2D eigenvalue weighted by Gasteiger charge is -2.32. The number of rotatable bonds is 4. The van der Waals surface area contributed by atoms with Crippen molar-refractivity contribution in [3.63, 3.8) is 0 Å². The van der Waals surface area contributed by atoms with E-state index in [4.69, 9.17) is 4.74 Å². The Balaban J connectivity index is 1.64. The van der Waals surface area contributed by atoms with Crippen molar-refractivity contribution in [2.24, 2.45) is 5.92 Å². The van der Waals surface area contributed by atoms with Gasteiger partial charge >= 0.3 is 0 Å². The standard InChI is InChI=1S/C16H19N5O2/c1-23-15-7-6-14(19-20-15)21-9-3-4-12(11-21)16(22)18-13-5-2-8-17-10-13/h2,5-8,10,12H,3-4,9,11H2,1H3,(H,18,22)/t12-/m0/s1. The number of ether oxygens (including phenoxy) is 1. The maximum atomic E-state index is 12.4. The molecule has 120 valence electrons. The fourth-order valence-electron chi connectivity index (χ4n) is 2.67. The van der Waals surface area contributed by atoms with E-state index in [1.165, 1.54) is 0 Å². The topological polar surface area (TPSA) is 80.2 Å². The molecule has 0 spiro atoms. The van der Waals surface area contributed by atoms with Gasteiger partial charge < -0.3 is 15.0 Å². The number of carbonyl (C=O) groups is 1. The normalized spacial score (nSPS) is 17.6. The van der Waals surface area contributed by atoms with Crippen LogP contribution in [0.25, 0.3) is 0 Å². The Morgan fingerprint density at radius 1 is 1.35 bits per heavy atom. The molecule has 1 amide bonds. The molecule has 0 radical (unpaired) electrons. The zero-order valence-corrected chi connectivity index (χ0v) is 13.0. The van der Waals surface area contributed by atoms with Crippen LogP contribution in [-0.4, -0.2) is 41.3 Å². The van der Waals surface area contributed by atoms with Crippen LogP contribution in [-0.2, 0) is 4.79 Å². The molecule has 0 bridgehead atoms. The Kier molecular flexibility index (Phi) is 4.65.